The molecule has 6 rings (SSSR count). The third-order valence-electron chi connectivity index (χ3n) is 7.80. The highest BCUT2D eigenvalue weighted by atomic mass is 16.5. The molecule has 2 aromatic heterocycles. The molecule has 3 aromatic rings. The van der Waals surface area contributed by atoms with Crippen molar-refractivity contribution in [2.75, 3.05) is 50.6 Å². The first kappa shape index (κ1) is 26.3. The van der Waals surface area contributed by atoms with Crippen molar-refractivity contribution in [2.45, 2.75) is 32.6 Å². The SMILES string of the molecule is Cc1cc2cc(n1)-c1cnn(C)c1OCCCC(C1CC1)CN1/C(=N/C2=O)Nc2ccc(OCCN(C)C)cc21. The summed E-state index contributed by atoms with van der Waals surface area (Å²) in [5.74, 6) is 2.84. The Hall–Kier alpha value is -3.92. The van der Waals surface area contributed by atoms with E-state index in [1.54, 1.807) is 23.0 Å². The van der Waals surface area contributed by atoms with Gasteiger partial charge in [-0.25, -0.2) is 4.68 Å². The van der Waals surface area contributed by atoms with Crippen molar-refractivity contribution in [2.24, 2.45) is 23.9 Å². The quantitative estimate of drug-likeness (QED) is 0.507. The highest BCUT2D eigenvalue weighted by molar-refractivity contribution is 6.19. The summed E-state index contributed by atoms with van der Waals surface area (Å²) in [7, 11) is 5.93. The van der Waals surface area contributed by atoms with Crippen molar-refractivity contribution >= 4 is 23.2 Å². The number of nitrogens with zero attached hydrogens (tertiary/aromatic N) is 6. The van der Waals surface area contributed by atoms with Crippen LogP contribution < -0.4 is 19.7 Å². The summed E-state index contributed by atoms with van der Waals surface area (Å²) in [5, 5.41) is 7.83. The van der Waals surface area contributed by atoms with E-state index in [2.05, 4.69) is 31.3 Å². The first-order valence-corrected chi connectivity index (χ1v) is 14.1. The highest BCUT2D eigenvalue weighted by Gasteiger charge is 2.36. The monoisotopic (exact) mass is 543 g/mol. The van der Waals surface area contributed by atoms with Crippen molar-refractivity contribution in [3.8, 4) is 22.9 Å². The molecule has 1 saturated carbocycles. The molecule has 0 spiro atoms. The number of aromatic nitrogens is 3. The summed E-state index contributed by atoms with van der Waals surface area (Å²) in [6.07, 6.45) is 6.17. The van der Waals surface area contributed by atoms with Crippen LogP contribution in [0.1, 0.15) is 41.7 Å². The van der Waals surface area contributed by atoms with E-state index in [-0.39, 0.29) is 5.91 Å². The Morgan fingerprint density at radius 1 is 1.15 bits per heavy atom. The van der Waals surface area contributed by atoms with Gasteiger partial charge in [-0.15, -0.1) is 0 Å². The molecule has 0 radical (unpaired) electrons. The fraction of sp³-hybridized carbons (Fsp3) is 0.467. The Morgan fingerprint density at radius 2 is 2.00 bits per heavy atom. The number of amides is 1. The van der Waals surface area contributed by atoms with E-state index in [0.717, 1.165) is 54.3 Å². The Labute approximate surface area is 235 Å². The minimum atomic E-state index is -0.321. The molecule has 210 valence electrons. The molecule has 1 aliphatic carbocycles. The predicted octanol–water partition coefficient (Wildman–Crippen LogP) is 4.36. The molecule has 2 aliphatic heterocycles. The van der Waals surface area contributed by atoms with Crippen molar-refractivity contribution in [3.63, 3.8) is 0 Å². The summed E-state index contributed by atoms with van der Waals surface area (Å²) in [6, 6.07) is 9.60. The van der Waals surface area contributed by atoms with Crippen LogP contribution in [0.15, 0.2) is 41.5 Å². The van der Waals surface area contributed by atoms with E-state index in [0.29, 0.717) is 48.1 Å². The number of carbonyl (C=O) groups excluding carboxylic acids is 1. The number of likely N-dealkylation sites (N-methyl/N-ethyl adjacent to an activating group) is 1. The van der Waals surface area contributed by atoms with Gasteiger partial charge in [-0.1, -0.05) is 0 Å². The fourth-order valence-electron chi connectivity index (χ4n) is 5.51. The van der Waals surface area contributed by atoms with Crippen LogP contribution in [-0.2, 0) is 7.05 Å². The molecule has 10 heteroatoms. The van der Waals surface area contributed by atoms with Gasteiger partial charge in [-0.3, -0.25) is 9.78 Å². The minimum absolute atomic E-state index is 0.321. The van der Waals surface area contributed by atoms with E-state index in [4.69, 9.17) is 14.5 Å². The lowest BCUT2D eigenvalue weighted by atomic mass is 9.97. The number of aliphatic imine (C=N–C) groups is 1. The Bertz CT molecular complexity index is 1440. The third kappa shape index (κ3) is 5.54. The van der Waals surface area contributed by atoms with E-state index < -0.39 is 0 Å². The zero-order chi connectivity index (χ0) is 27.8. The first-order valence-electron chi connectivity index (χ1n) is 14.1. The number of ether oxygens (including phenoxy) is 2. The molecule has 10 nitrogen and oxygen atoms in total. The summed E-state index contributed by atoms with van der Waals surface area (Å²) in [4.78, 5) is 27.2. The van der Waals surface area contributed by atoms with Crippen LogP contribution in [0.5, 0.6) is 11.6 Å². The van der Waals surface area contributed by atoms with Crippen LogP contribution >= 0.6 is 0 Å². The zero-order valence-corrected chi connectivity index (χ0v) is 23.7. The van der Waals surface area contributed by atoms with Gasteiger partial charge in [0.1, 0.15) is 12.4 Å². The second-order valence-electron chi connectivity index (χ2n) is 11.3. The van der Waals surface area contributed by atoms with Crippen molar-refractivity contribution < 1.29 is 14.3 Å². The topological polar surface area (TPSA) is 97.1 Å². The van der Waals surface area contributed by atoms with Crippen LogP contribution in [-0.4, -0.2) is 71.9 Å². The Balaban J connectivity index is 1.38. The second-order valence-corrected chi connectivity index (χ2v) is 11.3. The number of rotatable bonds is 5. The van der Waals surface area contributed by atoms with Crippen LogP contribution in [0.4, 0.5) is 11.4 Å². The van der Waals surface area contributed by atoms with Crippen LogP contribution in [0.25, 0.3) is 11.3 Å². The van der Waals surface area contributed by atoms with Gasteiger partial charge >= 0.3 is 0 Å². The number of fused-ring (bicyclic) bond motifs is 7. The number of guanidine groups is 1. The number of benzene rings is 1. The smallest absolute Gasteiger partial charge is 0.280 e. The van der Waals surface area contributed by atoms with Gasteiger partial charge in [-0.05, 0) is 82.8 Å². The second kappa shape index (κ2) is 10.9. The summed E-state index contributed by atoms with van der Waals surface area (Å²) >= 11 is 0. The number of nitrogens with one attached hydrogen (secondary N) is 1. The van der Waals surface area contributed by atoms with Gasteiger partial charge in [-0.2, -0.15) is 10.1 Å². The van der Waals surface area contributed by atoms with E-state index >= 15 is 0 Å². The van der Waals surface area contributed by atoms with Crippen LogP contribution in [0, 0.1) is 18.8 Å². The van der Waals surface area contributed by atoms with Crippen molar-refractivity contribution in [3.05, 3.63) is 47.8 Å². The summed E-state index contributed by atoms with van der Waals surface area (Å²) < 4.78 is 14.0. The molecule has 2 bridgehead atoms. The maximum absolute atomic E-state index is 13.6. The number of hydrogen-bond donors (Lipinski definition) is 1. The van der Waals surface area contributed by atoms with Crippen LogP contribution in [0.3, 0.4) is 0 Å². The van der Waals surface area contributed by atoms with Gasteiger partial charge < -0.3 is 24.6 Å². The normalized spacial score (nSPS) is 20.3. The highest BCUT2D eigenvalue weighted by Crippen LogP contribution is 2.43. The molecule has 1 atom stereocenters. The van der Waals surface area contributed by atoms with Gasteiger partial charge in [0.15, 0.2) is 0 Å². The number of anilines is 2. The average molecular weight is 544 g/mol. The maximum atomic E-state index is 13.6. The summed E-state index contributed by atoms with van der Waals surface area (Å²) in [6.45, 7) is 4.68. The van der Waals surface area contributed by atoms with E-state index in [1.807, 2.05) is 40.2 Å². The maximum Gasteiger partial charge on any atom is 0.280 e. The van der Waals surface area contributed by atoms with E-state index in [1.165, 1.54) is 12.8 Å². The first-order chi connectivity index (χ1) is 19.4. The van der Waals surface area contributed by atoms with Gasteiger partial charge in [0.05, 0.1) is 35.4 Å². The molecule has 1 unspecified atom stereocenters. The largest absolute Gasteiger partial charge is 0.492 e. The van der Waals surface area contributed by atoms with Gasteiger partial charge in [0, 0.05) is 37.5 Å². The standard InChI is InChI=1S/C30H37N7O3/c1-19-14-22-15-26(32-19)24-17-31-36(4)29(24)40-12-5-6-21(20-7-8-20)18-37-27-16-23(39-13-11-35(2)3)9-10-25(27)33-30(37)34-28(22)38/h9-10,14-17,20-21H,5-8,11-13,18H2,1-4H3,(H,33,34,38). The van der Waals surface area contributed by atoms with Gasteiger partial charge in [0.2, 0.25) is 11.8 Å². The molecule has 40 heavy (non-hydrogen) atoms. The molecular weight excluding hydrogens is 506 g/mol. The molecule has 1 aromatic carbocycles. The van der Waals surface area contributed by atoms with Crippen molar-refractivity contribution in [1.29, 1.82) is 0 Å². The van der Waals surface area contributed by atoms with Crippen molar-refractivity contribution in [1.82, 2.24) is 19.7 Å². The fourth-order valence-corrected chi connectivity index (χ4v) is 5.51. The predicted molar refractivity (Wildman–Crippen MR) is 155 cm³/mol. The lowest BCUT2D eigenvalue weighted by Gasteiger charge is -2.26. The minimum Gasteiger partial charge on any atom is -0.492 e. The Morgan fingerprint density at radius 3 is 2.80 bits per heavy atom. The number of carbonyl (C=O) groups is 1. The number of aryl methyl sites for hydroxylation is 2. The average Bonchev–Trinajstić information content (AvgIpc) is 3.62. The molecule has 4 heterocycles. The lowest BCUT2D eigenvalue weighted by molar-refractivity contribution is 0.100. The zero-order valence-electron chi connectivity index (χ0n) is 23.7. The number of hydrogen-bond acceptors (Lipinski definition) is 8. The molecule has 0 saturated heterocycles. The third-order valence-corrected chi connectivity index (χ3v) is 7.80. The lowest BCUT2D eigenvalue weighted by Crippen LogP contribution is -2.36. The van der Waals surface area contributed by atoms with Crippen LogP contribution in [0.2, 0.25) is 0 Å². The molecule has 1 amide bonds. The van der Waals surface area contributed by atoms with Gasteiger partial charge in [0.25, 0.3) is 5.91 Å². The Kier molecular flexibility index (Phi) is 7.18. The number of pyridine rings is 1. The molecule has 1 N–H and O–H groups in total. The van der Waals surface area contributed by atoms with E-state index in [9.17, 15) is 4.79 Å². The molecular formula is C30H37N7O3. The molecule has 3 aliphatic rings. The molecule has 1 fully saturated rings. The summed E-state index contributed by atoms with van der Waals surface area (Å²) in [5.41, 5.74) is 4.55.